The summed E-state index contributed by atoms with van der Waals surface area (Å²) in [6, 6.07) is 0. The number of hydrogen-bond donors (Lipinski definition) is 1. The van der Waals surface area contributed by atoms with Crippen molar-refractivity contribution < 1.29 is 9.90 Å². The fourth-order valence-electron chi connectivity index (χ4n) is 1.97. The Bertz CT molecular complexity index is 215. The smallest absolute Gasteiger partial charge is 0.143 e. The summed E-state index contributed by atoms with van der Waals surface area (Å²) in [5.74, 6) is 0.228. The molecule has 4 nitrogen and oxygen atoms in total. The van der Waals surface area contributed by atoms with Crippen molar-refractivity contribution in [2.45, 2.75) is 26.4 Å². The Kier molecular flexibility index (Phi) is 4.25. The highest BCUT2D eigenvalue weighted by Crippen LogP contribution is 2.08. The van der Waals surface area contributed by atoms with Crippen molar-refractivity contribution in [1.29, 1.82) is 0 Å². The second-order valence-electron chi connectivity index (χ2n) is 5.07. The number of ketones is 1. The molecule has 4 heteroatoms. The van der Waals surface area contributed by atoms with Crippen LogP contribution >= 0.6 is 0 Å². The second-order valence-corrected chi connectivity index (χ2v) is 5.07. The Morgan fingerprint density at radius 2 is 1.67 bits per heavy atom. The number of carbonyl (C=O) groups is 1. The molecule has 1 heterocycles. The van der Waals surface area contributed by atoms with Gasteiger partial charge in [0.1, 0.15) is 5.78 Å². The highest BCUT2D eigenvalue weighted by Gasteiger charge is 2.22. The first-order valence-electron chi connectivity index (χ1n) is 5.53. The van der Waals surface area contributed by atoms with Gasteiger partial charge in [-0.25, -0.2) is 0 Å². The summed E-state index contributed by atoms with van der Waals surface area (Å²) in [5, 5.41) is 9.67. The molecule has 1 N–H and O–H groups in total. The van der Waals surface area contributed by atoms with Crippen molar-refractivity contribution in [1.82, 2.24) is 9.80 Å². The van der Waals surface area contributed by atoms with Crippen molar-refractivity contribution >= 4 is 5.78 Å². The lowest BCUT2D eigenvalue weighted by Crippen LogP contribution is -2.51. The standard InChI is InChI=1S/C11H22N2O2/c1-10(14)8-12-4-6-13(7-5-12)9-11(2,3)15/h15H,4-9H2,1-3H3. The van der Waals surface area contributed by atoms with E-state index < -0.39 is 5.60 Å². The maximum atomic E-state index is 10.9. The third kappa shape index (κ3) is 5.25. The molecule has 0 saturated carbocycles. The van der Waals surface area contributed by atoms with E-state index in [1.165, 1.54) is 0 Å². The Balaban J connectivity index is 2.27. The molecule has 15 heavy (non-hydrogen) atoms. The first-order chi connectivity index (χ1) is 6.87. The summed E-state index contributed by atoms with van der Waals surface area (Å²) in [6.07, 6.45) is 0. The Labute approximate surface area is 91.9 Å². The molecular weight excluding hydrogens is 192 g/mol. The summed E-state index contributed by atoms with van der Waals surface area (Å²) in [7, 11) is 0. The van der Waals surface area contributed by atoms with Crippen molar-refractivity contribution in [2.75, 3.05) is 39.3 Å². The van der Waals surface area contributed by atoms with Gasteiger partial charge in [-0.15, -0.1) is 0 Å². The van der Waals surface area contributed by atoms with Crippen LogP contribution in [-0.4, -0.2) is 65.6 Å². The predicted octanol–water partition coefficient (Wildman–Crippen LogP) is -0.0361. The topological polar surface area (TPSA) is 43.8 Å². The number of β-amino-alcohol motifs (C(OH)–C–C–N with tert-alkyl or cyclic N) is 1. The van der Waals surface area contributed by atoms with Crippen LogP contribution in [0.25, 0.3) is 0 Å². The summed E-state index contributed by atoms with van der Waals surface area (Å²) in [6.45, 7) is 10.3. The number of piperazine rings is 1. The summed E-state index contributed by atoms with van der Waals surface area (Å²) in [5.41, 5.74) is -0.622. The van der Waals surface area contributed by atoms with Crippen LogP contribution < -0.4 is 0 Å². The highest BCUT2D eigenvalue weighted by molar-refractivity contribution is 5.77. The molecule has 1 fully saturated rings. The lowest BCUT2D eigenvalue weighted by atomic mass is 10.1. The monoisotopic (exact) mass is 214 g/mol. The zero-order chi connectivity index (χ0) is 11.5. The van der Waals surface area contributed by atoms with E-state index in [1.807, 2.05) is 13.8 Å². The summed E-state index contributed by atoms with van der Waals surface area (Å²) in [4.78, 5) is 15.3. The van der Waals surface area contributed by atoms with Crippen molar-refractivity contribution in [3.63, 3.8) is 0 Å². The fraction of sp³-hybridized carbons (Fsp3) is 0.909. The van der Waals surface area contributed by atoms with Crippen LogP contribution in [0.4, 0.5) is 0 Å². The van der Waals surface area contributed by atoms with Gasteiger partial charge in [0.15, 0.2) is 0 Å². The third-order valence-corrected chi connectivity index (χ3v) is 2.52. The minimum absolute atomic E-state index is 0.228. The van der Waals surface area contributed by atoms with Gasteiger partial charge in [0.25, 0.3) is 0 Å². The fourth-order valence-corrected chi connectivity index (χ4v) is 1.97. The van der Waals surface area contributed by atoms with E-state index in [1.54, 1.807) is 6.92 Å². The number of nitrogens with zero attached hydrogens (tertiary/aromatic N) is 2. The maximum Gasteiger partial charge on any atom is 0.143 e. The molecule has 0 aromatic heterocycles. The van der Waals surface area contributed by atoms with E-state index >= 15 is 0 Å². The minimum Gasteiger partial charge on any atom is -0.389 e. The first kappa shape index (κ1) is 12.6. The molecule has 0 bridgehead atoms. The van der Waals surface area contributed by atoms with Gasteiger partial charge in [0.2, 0.25) is 0 Å². The Morgan fingerprint density at radius 3 is 2.07 bits per heavy atom. The van der Waals surface area contributed by atoms with Crippen LogP contribution in [0.3, 0.4) is 0 Å². The largest absolute Gasteiger partial charge is 0.389 e. The highest BCUT2D eigenvalue weighted by atomic mass is 16.3. The molecule has 0 spiro atoms. The van der Waals surface area contributed by atoms with Crippen LogP contribution in [0.5, 0.6) is 0 Å². The molecule has 0 aromatic carbocycles. The quantitative estimate of drug-likeness (QED) is 0.713. The number of aliphatic hydroxyl groups is 1. The van der Waals surface area contributed by atoms with Crippen LogP contribution in [-0.2, 0) is 4.79 Å². The van der Waals surface area contributed by atoms with Gasteiger partial charge < -0.3 is 5.11 Å². The SMILES string of the molecule is CC(=O)CN1CCN(CC(C)(C)O)CC1. The molecule has 0 radical (unpaired) electrons. The third-order valence-electron chi connectivity index (χ3n) is 2.52. The molecule has 1 saturated heterocycles. The molecule has 0 amide bonds. The molecule has 1 aliphatic heterocycles. The zero-order valence-corrected chi connectivity index (χ0v) is 9.99. The normalized spacial score (nSPS) is 20.5. The molecule has 0 unspecified atom stereocenters. The molecule has 0 aliphatic carbocycles. The van der Waals surface area contributed by atoms with Gasteiger partial charge in [0.05, 0.1) is 12.1 Å². The first-order valence-corrected chi connectivity index (χ1v) is 5.53. The average molecular weight is 214 g/mol. The number of carbonyl (C=O) groups excluding carboxylic acids is 1. The van der Waals surface area contributed by atoms with Crippen LogP contribution in [0.1, 0.15) is 20.8 Å². The lowest BCUT2D eigenvalue weighted by molar-refractivity contribution is -0.118. The van der Waals surface area contributed by atoms with Crippen molar-refractivity contribution in [3.05, 3.63) is 0 Å². The Hall–Kier alpha value is -0.450. The van der Waals surface area contributed by atoms with E-state index in [9.17, 15) is 9.90 Å². The molecular formula is C11H22N2O2. The number of Topliss-reactive ketones (excluding diaryl/α,β-unsaturated/α-hetero) is 1. The Morgan fingerprint density at radius 1 is 1.20 bits per heavy atom. The average Bonchev–Trinajstić information content (AvgIpc) is 2.05. The zero-order valence-electron chi connectivity index (χ0n) is 9.99. The lowest BCUT2D eigenvalue weighted by Gasteiger charge is -2.36. The van der Waals surface area contributed by atoms with Crippen molar-refractivity contribution in [3.8, 4) is 0 Å². The van der Waals surface area contributed by atoms with Gasteiger partial charge in [0, 0.05) is 32.7 Å². The van der Waals surface area contributed by atoms with E-state index in [0.717, 1.165) is 26.2 Å². The van der Waals surface area contributed by atoms with Gasteiger partial charge in [-0.3, -0.25) is 14.6 Å². The van der Waals surface area contributed by atoms with Gasteiger partial charge in [-0.1, -0.05) is 0 Å². The summed E-state index contributed by atoms with van der Waals surface area (Å²) >= 11 is 0. The molecule has 1 rings (SSSR count). The predicted molar refractivity (Wildman–Crippen MR) is 59.9 cm³/mol. The molecule has 88 valence electrons. The van der Waals surface area contributed by atoms with Gasteiger partial charge in [-0.05, 0) is 20.8 Å². The van der Waals surface area contributed by atoms with E-state index in [2.05, 4.69) is 9.80 Å². The van der Waals surface area contributed by atoms with Crippen molar-refractivity contribution in [2.24, 2.45) is 0 Å². The van der Waals surface area contributed by atoms with Gasteiger partial charge in [-0.2, -0.15) is 0 Å². The van der Waals surface area contributed by atoms with Crippen LogP contribution in [0, 0.1) is 0 Å². The van der Waals surface area contributed by atoms with E-state index in [-0.39, 0.29) is 5.78 Å². The molecule has 0 aromatic rings. The summed E-state index contributed by atoms with van der Waals surface area (Å²) < 4.78 is 0. The van der Waals surface area contributed by atoms with E-state index in [4.69, 9.17) is 0 Å². The maximum absolute atomic E-state index is 10.9. The number of rotatable bonds is 4. The van der Waals surface area contributed by atoms with E-state index in [0.29, 0.717) is 13.1 Å². The minimum atomic E-state index is -0.622. The van der Waals surface area contributed by atoms with Gasteiger partial charge >= 0.3 is 0 Å². The molecule has 1 aliphatic rings. The van der Waals surface area contributed by atoms with Crippen LogP contribution in [0.2, 0.25) is 0 Å². The number of hydrogen-bond acceptors (Lipinski definition) is 4. The van der Waals surface area contributed by atoms with Crippen LogP contribution in [0.15, 0.2) is 0 Å². The molecule has 0 atom stereocenters. The second kappa shape index (κ2) is 5.05.